The highest BCUT2D eigenvalue weighted by Crippen LogP contribution is 2.23. The van der Waals surface area contributed by atoms with Crippen molar-refractivity contribution in [2.24, 2.45) is 0 Å². The Morgan fingerprint density at radius 3 is 2.61 bits per heavy atom. The van der Waals surface area contributed by atoms with Crippen LogP contribution >= 0.6 is 24.8 Å². The predicted molar refractivity (Wildman–Crippen MR) is 97.1 cm³/mol. The summed E-state index contributed by atoms with van der Waals surface area (Å²) in [6.07, 6.45) is 4.47. The van der Waals surface area contributed by atoms with Gasteiger partial charge in [-0.1, -0.05) is 0 Å². The molecule has 3 aromatic rings. The van der Waals surface area contributed by atoms with Gasteiger partial charge in [0.15, 0.2) is 0 Å². The number of rotatable bonds is 5. The standard InChI is InChI=1S/C17H18FN3.2ClH/c1-12-15(16-10-14(18)2-3-17(16)21-12)6-9-20-11-13-4-7-19-8-5-13;;/h2-5,7-8,10,20-21H,6,9,11H2,1H3;2*1H. The third kappa shape index (κ3) is 4.67. The normalized spacial score (nSPS) is 10.2. The van der Waals surface area contributed by atoms with Crippen molar-refractivity contribution < 1.29 is 4.39 Å². The predicted octanol–water partition coefficient (Wildman–Crippen LogP) is 4.19. The summed E-state index contributed by atoms with van der Waals surface area (Å²) in [6.45, 7) is 3.71. The van der Waals surface area contributed by atoms with Crippen LogP contribution in [0.5, 0.6) is 0 Å². The number of hydrogen-bond acceptors (Lipinski definition) is 2. The Bertz CT molecular complexity index is 744. The van der Waals surface area contributed by atoms with Crippen molar-refractivity contribution in [3.63, 3.8) is 0 Å². The fraction of sp³-hybridized carbons (Fsp3) is 0.235. The average Bonchev–Trinajstić information content (AvgIpc) is 2.80. The van der Waals surface area contributed by atoms with Gasteiger partial charge in [-0.25, -0.2) is 4.39 Å². The minimum Gasteiger partial charge on any atom is -0.358 e. The van der Waals surface area contributed by atoms with Crippen LogP contribution in [0.1, 0.15) is 16.8 Å². The topological polar surface area (TPSA) is 40.7 Å². The lowest BCUT2D eigenvalue weighted by Crippen LogP contribution is -2.16. The van der Waals surface area contributed by atoms with Gasteiger partial charge in [0, 0.05) is 35.5 Å². The van der Waals surface area contributed by atoms with Crippen LogP contribution in [0, 0.1) is 12.7 Å². The molecule has 0 unspecified atom stereocenters. The second kappa shape index (κ2) is 8.87. The number of nitrogens with one attached hydrogen (secondary N) is 2. The van der Waals surface area contributed by atoms with Gasteiger partial charge < -0.3 is 10.3 Å². The first-order valence-corrected chi connectivity index (χ1v) is 7.10. The summed E-state index contributed by atoms with van der Waals surface area (Å²) < 4.78 is 13.4. The highest BCUT2D eigenvalue weighted by molar-refractivity contribution is 5.86. The first kappa shape index (κ1) is 19.4. The molecule has 0 atom stereocenters. The third-order valence-electron chi connectivity index (χ3n) is 3.71. The van der Waals surface area contributed by atoms with E-state index in [0.717, 1.165) is 36.1 Å². The van der Waals surface area contributed by atoms with Crippen molar-refractivity contribution in [2.75, 3.05) is 6.54 Å². The molecule has 2 heterocycles. The molecule has 0 radical (unpaired) electrons. The van der Waals surface area contributed by atoms with Gasteiger partial charge in [-0.2, -0.15) is 0 Å². The molecule has 2 N–H and O–H groups in total. The SMILES string of the molecule is Cc1[nH]c2ccc(F)cc2c1CCNCc1ccncc1.Cl.Cl. The second-order valence-corrected chi connectivity index (χ2v) is 5.20. The number of aromatic nitrogens is 2. The number of hydrogen-bond donors (Lipinski definition) is 2. The number of aryl methyl sites for hydroxylation is 1. The van der Waals surface area contributed by atoms with E-state index in [2.05, 4.69) is 15.3 Å². The molecule has 0 aliphatic rings. The highest BCUT2D eigenvalue weighted by atomic mass is 35.5. The minimum atomic E-state index is -0.188. The van der Waals surface area contributed by atoms with Gasteiger partial charge in [-0.3, -0.25) is 4.98 Å². The van der Waals surface area contributed by atoms with Crippen LogP contribution in [0.3, 0.4) is 0 Å². The molecule has 0 aliphatic heterocycles. The molecule has 0 spiro atoms. The molecule has 3 rings (SSSR count). The first-order valence-electron chi connectivity index (χ1n) is 7.10. The molecule has 6 heteroatoms. The lowest BCUT2D eigenvalue weighted by atomic mass is 10.1. The quantitative estimate of drug-likeness (QED) is 0.673. The van der Waals surface area contributed by atoms with Crippen molar-refractivity contribution in [1.82, 2.24) is 15.3 Å². The molecule has 2 aromatic heterocycles. The van der Waals surface area contributed by atoms with Crippen LogP contribution in [0.2, 0.25) is 0 Å². The smallest absolute Gasteiger partial charge is 0.123 e. The van der Waals surface area contributed by atoms with Crippen LogP contribution < -0.4 is 5.32 Å². The Balaban J connectivity index is 0.00000132. The fourth-order valence-electron chi connectivity index (χ4n) is 2.62. The third-order valence-corrected chi connectivity index (χ3v) is 3.71. The molecule has 1 aromatic carbocycles. The van der Waals surface area contributed by atoms with Crippen molar-refractivity contribution in [1.29, 1.82) is 0 Å². The van der Waals surface area contributed by atoms with Crippen molar-refractivity contribution in [3.05, 3.63) is 65.4 Å². The highest BCUT2D eigenvalue weighted by Gasteiger charge is 2.08. The van der Waals surface area contributed by atoms with Crippen LogP contribution in [-0.4, -0.2) is 16.5 Å². The van der Waals surface area contributed by atoms with Crippen molar-refractivity contribution in [3.8, 4) is 0 Å². The monoisotopic (exact) mass is 355 g/mol. The van der Waals surface area contributed by atoms with Gasteiger partial charge in [0.25, 0.3) is 0 Å². The summed E-state index contributed by atoms with van der Waals surface area (Å²) in [5.41, 5.74) is 4.51. The molecular weight excluding hydrogens is 336 g/mol. The van der Waals surface area contributed by atoms with E-state index < -0.39 is 0 Å². The largest absolute Gasteiger partial charge is 0.358 e. The maximum Gasteiger partial charge on any atom is 0.123 e. The number of aromatic amines is 1. The van der Waals surface area contributed by atoms with Gasteiger partial charge in [-0.15, -0.1) is 24.8 Å². The summed E-state index contributed by atoms with van der Waals surface area (Å²) in [6, 6.07) is 8.89. The van der Waals surface area contributed by atoms with E-state index >= 15 is 0 Å². The van der Waals surface area contributed by atoms with Crippen LogP contribution in [0.15, 0.2) is 42.7 Å². The van der Waals surface area contributed by atoms with Gasteiger partial charge in [-0.05, 0) is 61.3 Å². The second-order valence-electron chi connectivity index (χ2n) is 5.20. The van der Waals surface area contributed by atoms with E-state index in [-0.39, 0.29) is 30.6 Å². The Morgan fingerprint density at radius 1 is 1.13 bits per heavy atom. The summed E-state index contributed by atoms with van der Waals surface area (Å²) in [5, 5.41) is 4.40. The minimum absolute atomic E-state index is 0. The molecule has 0 saturated heterocycles. The molecule has 0 saturated carbocycles. The van der Waals surface area contributed by atoms with Crippen molar-refractivity contribution >= 4 is 35.7 Å². The Labute approximate surface area is 147 Å². The molecule has 0 amide bonds. The zero-order valence-corrected chi connectivity index (χ0v) is 14.4. The van der Waals surface area contributed by atoms with E-state index in [1.54, 1.807) is 24.5 Å². The molecule has 23 heavy (non-hydrogen) atoms. The summed E-state index contributed by atoms with van der Waals surface area (Å²) in [5.74, 6) is -0.188. The number of fused-ring (bicyclic) bond motifs is 1. The number of benzene rings is 1. The van der Waals surface area contributed by atoms with E-state index in [1.807, 2.05) is 19.1 Å². The Morgan fingerprint density at radius 2 is 1.87 bits per heavy atom. The summed E-state index contributed by atoms with van der Waals surface area (Å²) in [7, 11) is 0. The molecule has 0 bridgehead atoms. The van der Waals surface area contributed by atoms with E-state index in [1.165, 1.54) is 17.2 Å². The molecule has 0 aliphatic carbocycles. The molecule has 3 nitrogen and oxygen atoms in total. The van der Waals surface area contributed by atoms with Crippen molar-refractivity contribution in [2.45, 2.75) is 19.9 Å². The van der Waals surface area contributed by atoms with Crippen LogP contribution in [-0.2, 0) is 13.0 Å². The van der Waals surface area contributed by atoms with E-state index in [4.69, 9.17) is 0 Å². The molecule has 124 valence electrons. The Kier molecular flexibility index (Phi) is 7.49. The van der Waals surface area contributed by atoms with Gasteiger partial charge in [0.1, 0.15) is 5.82 Å². The summed E-state index contributed by atoms with van der Waals surface area (Å²) in [4.78, 5) is 7.31. The first-order chi connectivity index (χ1) is 10.2. The van der Waals surface area contributed by atoms with Gasteiger partial charge in [0.2, 0.25) is 0 Å². The van der Waals surface area contributed by atoms with Crippen LogP contribution in [0.25, 0.3) is 10.9 Å². The van der Waals surface area contributed by atoms with Gasteiger partial charge >= 0.3 is 0 Å². The fourth-order valence-corrected chi connectivity index (χ4v) is 2.62. The number of H-pyrrole nitrogens is 1. The summed E-state index contributed by atoms with van der Waals surface area (Å²) >= 11 is 0. The number of halogens is 3. The average molecular weight is 356 g/mol. The van der Waals surface area contributed by atoms with Gasteiger partial charge in [0.05, 0.1) is 0 Å². The lowest BCUT2D eigenvalue weighted by Gasteiger charge is -2.05. The molecular formula is C17H20Cl2FN3. The van der Waals surface area contributed by atoms with E-state index in [0.29, 0.717) is 0 Å². The lowest BCUT2D eigenvalue weighted by molar-refractivity contribution is 0.629. The molecule has 0 fully saturated rings. The zero-order valence-electron chi connectivity index (χ0n) is 12.8. The maximum absolute atomic E-state index is 13.4. The zero-order chi connectivity index (χ0) is 14.7. The number of pyridine rings is 1. The number of nitrogens with zero attached hydrogens (tertiary/aromatic N) is 1. The maximum atomic E-state index is 13.4. The Hall–Kier alpha value is -1.62. The van der Waals surface area contributed by atoms with E-state index in [9.17, 15) is 4.39 Å². The van der Waals surface area contributed by atoms with Crippen LogP contribution in [0.4, 0.5) is 4.39 Å².